The fourth-order valence-electron chi connectivity index (χ4n) is 3.55. The standard InChI is InChI=1S/C22H21F3N4O3/c23-22(24,25)32-19-10-6-16(7-11-19)20-14-29(27-26-20)21(31)28-13-18(30)9-8-17(28)12-15-4-2-1-3-5-15/h1-11,14,17-18,26-27,30H,12-13H2/t17-,18+/m1/s1. The molecule has 0 saturated carbocycles. The first-order valence-corrected chi connectivity index (χ1v) is 9.88. The van der Waals surface area contributed by atoms with Crippen LogP contribution in [0, 0.1) is 0 Å². The minimum absolute atomic E-state index is 0.137. The van der Waals surface area contributed by atoms with Gasteiger partial charge in [0.15, 0.2) is 0 Å². The van der Waals surface area contributed by atoms with Crippen molar-refractivity contribution >= 4 is 11.7 Å². The van der Waals surface area contributed by atoms with Crippen LogP contribution < -0.4 is 15.7 Å². The van der Waals surface area contributed by atoms with E-state index in [4.69, 9.17) is 0 Å². The van der Waals surface area contributed by atoms with Crippen molar-refractivity contribution in [2.24, 2.45) is 0 Å². The van der Waals surface area contributed by atoms with Crippen molar-refractivity contribution in [1.29, 1.82) is 0 Å². The van der Waals surface area contributed by atoms with Gasteiger partial charge in [-0.15, -0.1) is 18.7 Å². The van der Waals surface area contributed by atoms with Gasteiger partial charge in [0.05, 0.1) is 30.6 Å². The first kappa shape index (κ1) is 21.7. The van der Waals surface area contributed by atoms with Gasteiger partial charge in [-0.25, -0.2) is 9.80 Å². The molecule has 32 heavy (non-hydrogen) atoms. The molecule has 2 amide bonds. The predicted molar refractivity (Wildman–Crippen MR) is 110 cm³/mol. The number of nitrogens with zero attached hydrogens (tertiary/aromatic N) is 2. The molecule has 0 spiro atoms. The van der Waals surface area contributed by atoms with Gasteiger partial charge in [0.2, 0.25) is 0 Å². The highest BCUT2D eigenvalue weighted by molar-refractivity contribution is 5.79. The van der Waals surface area contributed by atoms with Crippen LogP contribution in [0.1, 0.15) is 11.1 Å². The van der Waals surface area contributed by atoms with Crippen LogP contribution in [0.25, 0.3) is 5.70 Å². The summed E-state index contributed by atoms with van der Waals surface area (Å²) < 4.78 is 40.9. The molecule has 10 heteroatoms. The second-order valence-electron chi connectivity index (χ2n) is 7.37. The number of benzene rings is 2. The van der Waals surface area contributed by atoms with Crippen molar-refractivity contribution in [2.45, 2.75) is 24.9 Å². The molecule has 2 aliphatic rings. The number of carbonyl (C=O) groups is 1. The number of carbonyl (C=O) groups excluding carboxylic acids is 1. The van der Waals surface area contributed by atoms with Gasteiger partial charge < -0.3 is 20.2 Å². The van der Waals surface area contributed by atoms with E-state index in [1.165, 1.54) is 35.5 Å². The number of β-amino-alcohol motifs (C(OH)–C–C–N with tert-alkyl or cyclic N) is 1. The molecule has 0 bridgehead atoms. The van der Waals surface area contributed by atoms with E-state index in [9.17, 15) is 23.1 Å². The monoisotopic (exact) mass is 446 g/mol. The summed E-state index contributed by atoms with van der Waals surface area (Å²) in [5.41, 5.74) is 7.67. The highest BCUT2D eigenvalue weighted by Crippen LogP contribution is 2.25. The van der Waals surface area contributed by atoms with Crippen molar-refractivity contribution in [2.75, 3.05) is 6.54 Å². The summed E-state index contributed by atoms with van der Waals surface area (Å²) in [6, 6.07) is 14.4. The van der Waals surface area contributed by atoms with Gasteiger partial charge in [-0.1, -0.05) is 42.5 Å². The number of hydrogen-bond acceptors (Lipinski definition) is 5. The minimum atomic E-state index is -4.76. The summed E-state index contributed by atoms with van der Waals surface area (Å²) in [5, 5.41) is 11.3. The fourth-order valence-corrected chi connectivity index (χ4v) is 3.55. The van der Waals surface area contributed by atoms with E-state index in [1.54, 1.807) is 11.0 Å². The Kier molecular flexibility index (Phi) is 6.06. The molecule has 0 aromatic heterocycles. The van der Waals surface area contributed by atoms with Gasteiger partial charge in [0.25, 0.3) is 0 Å². The Morgan fingerprint density at radius 1 is 1.09 bits per heavy atom. The zero-order valence-corrected chi connectivity index (χ0v) is 16.8. The molecule has 2 atom stereocenters. The molecule has 0 radical (unpaired) electrons. The SMILES string of the molecule is O=C(N1C=C(c2ccc(OC(F)(F)F)cc2)NN1)N1C[C@@H](O)C=C[C@@H]1Cc1ccccc1. The number of hydrogen-bond donors (Lipinski definition) is 3. The minimum Gasteiger partial charge on any atom is -0.406 e. The van der Waals surface area contributed by atoms with Crippen LogP contribution in [0.2, 0.25) is 0 Å². The number of alkyl halides is 3. The van der Waals surface area contributed by atoms with Crippen molar-refractivity contribution in [3.05, 3.63) is 84.1 Å². The molecular weight excluding hydrogens is 425 g/mol. The van der Waals surface area contributed by atoms with Crippen LogP contribution in [-0.2, 0) is 6.42 Å². The number of halogens is 3. The fraction of sp³-hybridized carbons (Fsp3) is 0.227. The number of hydrazine groups is 2. The Morgan fingerprint density at radius 3 is 2.50 bits per heavy atom. The summed E-state index contributed by atoms with van der Waals surface area (Å²) in [7, 11) is 0. The maximum Gasteiger partial charge on any atom is 0.573 e. The lowest BCUT2D eigenvalue weighted by Gasteiger charge is -2.36. The van der Waals surface area contributed by atoms with Crippen LogP contribution in [0.15, 0.2) is 72.9 Å². The maximum absolute atomic E-state index is 13.1. The van der Waals surface area contributed by atoms with Crippen LogP contribution in [0.4, 0.5) is 18.0 Å². The molecule has 2 aromatic rings. The summed E-state index contributed by atoms with van der Waals surface area (Å²) >= 11 is 0. The molecule has 168 valence electrons. The van der Waals surface area contributed by atoms with E-state index in [0.717, 1.165) is 5.56 Å². The molecular formula is C22H21F3N4O3. The number of amides is 2. The molecule has 4 rings (SSSR count). The largest absolute Gasteiger partial charge is 0.573 e. The summed E-state index contributed by atoms with van der Waals surface area (Å²) in [5.74, 6) is -0.335. The maximum atomic E-state index is 13.1. The number of aliphatic hydroxyl groups excluding tert-OH is 1. The van der Waals surface area contributed by atoms with Crippen molar-refractivity contribution in [3.63, 3.8) is 0 Å². The lowest BCUT2D eigenvalue weighted by Crippen LogP contribution is -2.54. The van der Waals surface area contributed by atoms with Crippen LogP contribution >= 0.6 is 0 Å². The molecule has 0 fully saturated rings. The molecule has 2 aliphatic heterocycles. The van der Waals surface area contributed by atoms with E-state index >= 15 is 0 Å². The van der Waals surface area contributed by atoms with Crippen molar-refractivity contribution in [3.8, 4) is 5.75 Å². The molecule has 0 saturated heterocycles. The van der Waals surface area contributed by atoms with E-state index < -0.39 is 12.5 Å². The topological polar surface area (TPSA) is 77.1 Å². The van der Waals surface area contributed by atoms with Crippen molar-refractivity contribution < 1.29 is 27.8 Å². The normalized spacial score (nSPS) is 20.7. The highest BCUT2D eigenvalue weighted by atomic mass is 19.4. The number of urea groups is 1. The van der Waals surface area contributed by atoms with Gasteiger partial charge >= 0.3 is 12.4 Å². The molecule has 0 unspecified atom stereocenters. The van der Waals surface area contributed by atoms with Crippen LogP contribution in [0.3, 0.4) is 0 Å². The quantitative estimate of drug-likeness (QED) is 0.629. The number of ether oxygens (including phenoxy) is 1. The summed E-state index contributed by atoms with van der Waals surface area (Å²) in [6.45, 7) is 0.137. The van der Waals surface area contributed by atoms with Gasteiger partial charge in [0.1, 0.15) is 5.75 Å². The Hall–Kier alpha value is -3.50. The predicted octanol–water partition coefficient (Wildman–Crippen LogP) is 3.17. The Bertz CT molecular complexity index is 1010. The van der Waals surface area contributed by atoms with Gasteiger partial charge in [-0.3, -0.25) is 0 Å². The smallest absolute Gasteiger partial charge is 0.406 e. The molecule has 2 heterocycles. The third-order valence-electron chi connectivity index (χ3n) is 5.05. The van der Waals surface area contributed by atoms with Gasteiger partial charge in [-0.05, 0) is 36.2 Å². The number of rotatable bonds is 4. The molecule has 3 N–H and O–H groups in total. The second kappa shape index (κ2) is 8.93. The van der Waals surface area contributed by atoms with Crippen molar-refractivity contribution in [1.82, 2.24) is 20.9 Å². The van der Waals surface area contributed by atoms with Gasteiger partial charge in [-0.2, -0.15) is 0 Å². The van der Waals surface area contributed by atoms with Crippen LogP contribution in [0.5, 0.6) is 5.75 Å². The summed E-state index contributed by atoms with van der Waals surface area (Å²) in [6.07, 6.45) is 0.0542. The summed E-state index contributed by atoms with van der Waals surface area (Å²) in [4.78, 5) is 14.7. The first-order valence-electron chi connectivity index (χ1n) is 9.88. The van der Waals surface area contributed by atoms with Gasteiger partial charge in [0, 0.05) is 5.56 Å². The average Bonchev–Trinajstić information content (AvgIpc) is 3.25. The Morgan fingerprint density at radius 2 is 1.81 bits per heavy atom. The number of nitrogens with one attached hydrogen (secondary N) is 2. The lowest BCUT2D eigenvalue weighted by atomic mass is 10.0. The highest BCUT2D eigenvalue weighted by Gasteiger charge is 2.33. The van der Waals surface area contributed by atoms with Crippen LogP contribution in [-0.4, -0.2) is 46.1 Å². The lowest BCUT2D eigenvalue weighted by molar-refractivity contribution is -0.274. The second-order valence-corrected chi connectivity index (χ2v) is 7.37. The molecule has 0 aliphatic carbocycles. The van der Waals surface area contributed by atoms with E-state index in [2.05, 4.69) is 15.7 Å². The van der Waals surface area contributed by atoms with E-state index in [-0.39, 0.29) is 24.4 Å². The average molecular weight is 446 g/mol. The molecule has 7 nitrogen and oxygen atoms in total. The molecule has 2 aromatic carbocycles. The third-order valence-corrected chi connectivity index (χ3v) is 5.05. The van der Waals surface area contributed by atoms with E-state index in [0.29, 0.717) is 17.7 Å². The Labute approximate surface area is 182 Å². The zero-order chi connectivity index (χ0) is 22.7. The zero-order valence-electron chi connectivity index (χ0n) is 16.8. The van der Waals surface area contributed by atoms with E-state index in [1.807, 2.05) is 36.4 Å². The Balaban J connectivity index is 1.47. The first-order chi connectivity index (χ1) is 15.3. The number of aliphatic hydroxyl groups is 1. The third kappa shape index (κ3) is 5.21.